The van der Waals surface area contributed by atoms with E-state index in [1.165, 1.54) is 16.2 Å². The Morgan fingerprint density at radius 1 is 1.04 bits per heavy atom. The number of ether oxygens (including phenoxy) is 2. The zero-order valence-corrected chi connectivity index (χ0v) is 32.3. The van der Waals surface area contributed by atoms with Crippen LogP contribution in [0.5, 0.6) is 5.88 Å². The summed E-state index contributed by atoms with van der Waals surface area (Å²) in [6.45, 7) is -0.0306. The second-order valence-corrected chi connectivity index (χ2v) is 18.3. The van der Waals surface area contributed by atoms with E-state index in [1.54, 1.807) is 10.9 Å². The van der Waals surface area contributed by atoms with Crippen molar-refractivity contribution in [1.29, 1.82) is 0 Å². The average molecular weight is 795 g/mol. The van der Waals surface area contributed by atoms with Crippen molar-refractivity contribution in [2.45, 2.75) is 119 Å². The summed E-state index contributed by atoms with van der Waals surface area (Å²) in [5.74, 6) is -2.13. The summed E-state index contributed by atoms with van der Waals surface area (Å²) in [6, 6.07) is 1.68. The lowest BCUT2D eigenvalue weighted by atomic mass is 10.0. The smallest absolute Gasteiger partial charge is 0.408 e. The van der Waals surface area contributed by atoms with Gasteiger partial charge in [0.2, 0.25) is 33.4 Å². The van der Waals surface area contributed by atoms with Crippen molar-refractivity contribution in [2.75, 3.05) is 6.54 Å². The minimum Gasteiger partial charge on any atom is -0.471 e. The van der Waals surface area contributed by atoms with Crippen LogP contribution in [0, 0.1) is 5.92 Å². The molecule has 4 amide bonds. The molecule has 5 atom stereocenters. The summed E-state index contributed by atoms with van der Waals surface area (Å²) < 4.78 is 41.9. The van der Waals surface area contributed by atoms with Crippen LogP contribution in [0.1, 0.15) is 83.5 Å². The monoisotopic (exact) mass is 794 g/mol. The Morgan fingerprint density at radius 3 is 2.60 bits per heavy atom. The summed E-state index contributed by atoms with van der Waals surface area (Å²) >= 11 is 1.46. The first kappa shape index (κ1) is 37.3. The summed E-state index contributed by atoms with van der Waals surface area (Å²) in [4.78, 5) is 72.0. The highest BCUT2D eigenvalue weighted by atomic mass is 32.2. The molecule has 3 aromatic heterocycles. The standard InChI is InChI=1S/C37H46N8O8S2/c1-44-21-38-30-31(44)40-29(28-14-9-17-54-28)33(41-30)52-24-18-27-32(46)42-37(35(48)43-55(50,51)25-15-16-25)19-22(37)10-5-3-2-4-6-13-26(34(47)45(27)20-24)39-36(49)53-23-11-7-8-12-23/h5,9-10,14,17,21-27H,2-4,6-8,11-13,15-16,18-20H2,1H3,(H,39,49)(H,42,46)(H,43,48)/b10-5+/t22?,24-,26-,27+,37-/m1/s1. The summed E-state index contributed by atoms with van der Waals surface area (Å²) in [5, 5.41) is 6.99. The molecule has 3 aromatic rings. The number of fused-ring (bicyclic) bond motifs is 3. The van der Waals surface area contributed by atoms with Gasteiger partial charge in [-0.1, -0.05) is 31.1 Å². The Morgan fingerprint density at radius 2 is 1.84 bits per heavy atom. The molecule has 1 unspecified atom stereocenters. The zero-order chi connectivity index (χ0) is 38.3. The number of allylic oxidation sites excluding steroid dienone is 1. The van der Waals surface area contributed by atoms with E-state index in [2.05, 4.69) is 20.3 Å². The summed E-state index contributed by atoms with van der Waals surface area (Å²) in [5.41, 5.74) is -0.0938. The molecule has 0 spiro atoms. The summed E-state index contributed by atoms with van der Waals surface area (Å²) in [7, 11) is -2.08. The first-order valence-electron chi connectivity index (χ1n) is 19.2. The number of nitrogens with one attached hydrogen (secondary N) is 3. The quantitative estimate of drug-likeness (QED) is 0.282. The zero-order valence-electron chi connectivity index (χ0n) is 30.6. The number of carbonyl (C=O) groups excluding carboxylic acids is 4. The van der Waals surface area contributed by atoms with Gasteiger partial charge in [0.25, 0.3) is 5.91 Å². The van der Waals surface area contributed by atoms with Gasteiger partial charge in [-0.25, -0.2) is 23.2 Å². The second-order valence-electron chi connectivity index (χ2n) is 15.4. The highest BCUT2D eigenvalue weighted by molar-refractivity contribution is 7.91. The number of thiophene rings is 1. The van der Waals surface area contributed by atoms with Crippen LogP contribution in [0.2, 0.25) is 0 Å². The van der Waals surface area contributed by atoms with Crippen LogP contribution < -0.4 is 20.1 Å². The number of rotatable bonds is 8. The topological polar surface area (TPSA) is 204 Å². The SMILES string of the molecule is Cn1cnc2nc(O[C@@H]3C[C@H]4C(=O)N[C@]5(C(=O)NS(=O)(=O)C6CC6)CC5/C=C/CCCCC[C@@H](NC(=O)OC5CCCC5)C(=O)N4C3)c(-c3cccs3)nc21. The molecular weight excluding hydrogens is 749 g/mol. The summed E-state index contributed by atoms with van der Waals surface area (Å²) in [6.07, 6.45) is 11.7. The molecule has 1 saturated heterocycles. The minimum absolute atomic E-state index is 0.0290. The maximum absolute atomic E-state index is 14.6. The molecule has 3 saturated carbocycles. The van der Waals surface area contributed by atoms with Crippen molar-refractivity contribution in [2.24, 2.45) is 13.0 Å². The first-order chi connectivity index (χ1) is 26.5. The predicted octanol–water partition coefficient (Wildman–Crippen LogP) is 3.48. The van der Waals surface area contributed by atoms with Crippen molar-refractivity contribution >= 4 is 56.5 Å². The fraction of sp³-hybridized carbons (Fsp3) is 0.595. The molecule has 2 aliphatic heterocycles. The van der Waals surface area contributed by atoms with Gasteiger partial charge in [-0.2, -0.15) is 4.98 Å². The maximum atomic E-state index is 14.6. The number of nitrogens with zero attached hydrogens (tertiary/aromatic N) is 5. The lowest BCUT2D eigenvalue weighted by Crippen LogP contribution is -2.58. The van der Waals surface area contributed by atoms with Crippen LogP contribution in [0.4, 0.5) is 4.79 Å². The number of alkyl carbamates (subject to hydrolysis) is 1. The molecule has 3 N–H and O–H groups in total. The third-order valence-electron chi connectivity index (χ3n) is 11.3. The van der Waals surface area contributed by atoms with Crippen molar-refractivity contribution in [3.8, 4) is 16.5 Å². The lowest BCUT2D eigenvalue weighted by molar-refractivity contribution is -0.141. The first-order valence-corrected chi connectivity index (χ1v) is 21.7. The second kappa shape index (κ2) is 15.2. The largest absolute Gasteiger partial charge is 0.471 e. The molecule has 8 rings (SSSR count). The average Bonchev–Trinajstić information content (AvgIpc) is 3.78. The number of imidazole rings is 1. The Hall–Kier alpha value is -4.58. The highest BCUT2D eigenvalue weighted by Gasteiger charge is 2.62. The van der Waals surface area contributed by atoms with Gasteiger partial charge in [-0.05, 0) is 75.7 Å². The fourth-order valence-corrected chi connectivity index (χ4v) is 9.99. The molecule has 5 heterocycles. The van der Waals surface area contributed by atoms with E-state index in [1.807, 2.05) is 36.7 Å². The van der Waals surface area contributed by atoms with Crippen LogP contribution in [0.15, 0.2) is 36.0 Å². The Kier molecular flexibility index (Phi) is 10.3. The fourth-order valence-electron chi connectivity index (χ4n) is 7.92. The van der Waals surface area contributed by atoms with Crippen LogP contribution in [0.25, 0.3) is 21.9 Å². The van der Waals surface area contributed by atoms with E-state index in [0.717, 1.165) is 43.4 Å². The number of carbonyl (C=O) groups is 4. The minimum atomic E-state index is -3.89. The molecule has 0 radical (unpaired) electrons. The van der Waals surface area contributed by atoms with Gasteiger partial charge < -0.3 is 29.6 Å². The molecule has 294 valence electrons. The normalized spacial score (nSPS) is 28.3. The molecule has 18 heteroatoms. The molecule has 0 aromatic carbocycles. The number of sulfonamides is 1. The molecule has 0 bridgehead atoms. The van der Waals surface area contributed by atoms with Crippen LogP contribution >= 0.6 is 11.3 Å². The maximum Gasteiger partial charge on any atom is 0.408 e. The van der Waals surface area contributed by atoms with E-state index in [0.29, 0.717) is 49.1 Å². The van der Waals surface area contributed by atoms with E-state index < -0.39 is 68.7 Å². The van der Waals surface area contributed by atoms with Crippen molar-refractivity contribution in [3.63, 3.8) is 0 Å². The molecule has 16 nitrogen and oxygen atoms in total. The number of hydrogen-bond donors (Lipinski definition) is 3. The van der Waals surface area contributed by atoms with Gasteiger partial charge in [-0.3, -0.25) is 19.1 Å². The molecule has 4 fully saturated rings. The molecular formula is C37H46N8O8S2. The van der Waals surface area contributed by atoms with Gasteiger partial charge in [0.15, 0.2) is 5.65 Å². The van der Waals surface area contributed by atoms with Gasteiger partial charge in [0, 0.05) is 19.4 Å². The van der Waals surface area contributed by atoms with E-state index in [-0.39, 0.29) is 31.4 Å². The molecule has 5 aliphatic rings. The Labute approximate surface area is 322 Å². The lowest BCUT2D eigenvalue weighted by Gasteiger charge is -2.30. The van der Waals surface area contributed by atoms with Crippen molar-refractivity contribution in [1.82, 2.24) is 39.8 Å². The Bertz CT molecular complexity index is 2100. The van der Waals surface area contributed by atoms with Crippen molar-refractivity contribution < 1.29 is 37.1 Å². The van der Waals surface area contributed by atoms with Gasteiger partial charge in [-0.15, -0.1) is 11.3 Å². The third-order valence-corrected chi connectivity index (χ3v) is 14.0. The van der Waals surface area contributed by atoms with Crippen LogP contribution in [0.3, 0.4) is 0 Å². The van der Waals surface area contributed by atoms with E-state index in [4.69, 9.17) is 19.4 Å². The van der Waals surface area contributed by atoms with Crippen LogP contribution in [-0.2, 0) is 36.2 Å². The predicted molar refractivity (Wildman–Crippen MR) is 201 cm³/mol. The molecule has 55 heavy (non-hydrogen) atoms. The van der Waals surface area contributed by atoms with Gasteiger partial charge >= 0.3 is 6.09 Å². The third kappa shape index (κ3) is 7.92. The van der Waals surface area contributed by atoms with Crippen molar-refractivity contribution in [3.05, 3.63) is 36.0 Å². The number of aryl methyl sites for hydroxylation is 1. The Balaban J connectivity index is 1.10. The molecule has 3 aliphatic carbocycles. The van der Waals surface area contributed by atoms with E-state index in [9.17, 15) is 27.6 Å². The van der Waals surface area contributed by atoms with E-state index >= 15 is 0 Å². The number of aromatic nitrogens is 4. The van der Waals surface area contributed by atoms with Gasteiger partial charge in [0.05, 0.1) is 23.0 Å². The van der Waals surface area contributed by atoms with Gasteiger partial charge in [0.1, 0.15) is 35.5 Å². The highest BCUT2D eigenvalue weighted by Crippen LogP contribution is 2.46. The van der Waals surface area contributed by atoms with Crippen LogP contribution in [-0.4, -0.2) is 98.3 Å². The number of hydrogen-bond acceptors (Lipinski definition) is 12. The number of amides is 4.